The van der Waals surface area contributed by atoms with Crippen LogP contribution in [-0.4, -0.2) is 23.3 Å². The Morgan fingerprint density at radius 3 is 2.42 bits per heavy atom. The molecule has 3 nitrogen and oxygen atoms in total. The summed E-state index contributed by atoms with van der Waals surface area (Å²) in [5.41, 5.74) is 1.87. The number of hydrogen-bond acceptors (Lipinski definition) is 3. The molecule has 0 saturated carbocycles. The minimum atomic E-state index is 0.0421. The molecule has 1 aromatic heterocycles. The molecule has 3 heteroatoms. The van der Waals surface area contributed by atoms with Gasteiger partial charge in [0.1, 0.15) is 12.4 Å². The van der Waals surface area contributed by atoms with Gasteiger partial charge in [0, 0.05) is 23.5 Å². The largest absolute Gasteiger partial charge is 0.491 e. The van der Waals surface area contributed by atoms with Crippen LogP contribution in [0, 0.1) is 13.8 Å². The lowest BCUT2D eigenvalue weighted by Gasteiger charge is -2.05. The van der Waals surface area contributed by atoms with Gasteiger partial charge in [-0.1, -0.05) is 0 Å². The molecule has 1 N–H and O–H groups in total. The van der Waals surface area contributed by atoms with E-state index in [1.54, 1.807) is 0 Å². The van der Waals surface area contributed by atoms with Crippen molar-refractivity contribution in [3.8, 4) is 5.75 Å². The van der Waals surface area contributed by atoms with Crippen molar-refractivity contribution in [3.63, 3.8) is 0 Å². The van der Waals surface area contributed by atoms with E-state index in [1.165, 1.54) is 0 Å². The molecule has 0 radical (unpaired) electrons. The molecule has 0 aromatic carbocycles. The molecule has 1 rings (SSSR count). The van der Waals surface area contributed by atoms with Crippen LogP contribution in [0.1, 0.15) is 11.4 Å². The number of aliphatic hydroxyl groups is 1. The third-order valence-electron chi connectivity index (χ3n) is 1.42. The first kappa shape index (κ1) is 9.00. The van der Waals surface area contributed by atoms with Gasteiger partial charge in [-0.05, 0) is 13.8 Å². The maximum Gasteiger partial charge on any atom is 0.123 e. The lowest BCUT2D eigenvalue weighted by Crippen LogP contribution is -2.02. The van der Waals surface area contributed by atoms with Crippen LogP contribution in [-0.2, 0) is 0 Å². The van der Waals surface area contributed by atoms with Gasteiger partial charge >= 0.3 is 0 Å². The molecular weight excluding hydrogens is 154 g/mol. The third kappa shape index (κ3) is 2.51. The van der Waals surface area contributed by atoms with Crippen molar-refractivity contribution in [2.75, 3.05) is 13.2 Å². The maximum absolute atomic E-state index is 8.53. The first-order chi connectivity index (χ1) is 5.72. The number of ether oxygens (including phenoxy) is 1. The lowest BCUT2D eigenvalue weighted by atomic mass is 10.3. The molecule has 0 atom stereocenters. The van der Waals surface area contributed by atoms with Gasteiger partial charge in [0.05, 0.1) is 6.61 Å². The number of hydrogen-bond donors (Lipinski definition) is 1. The molecule has 0 amide bonds. The van der Waals surface area contributed by atoms with Gasteiger partial charge in [-0.3, -0.25) is 4.98 Å². The van der Waals surface area contributed by atoms with E-state index in [9.17, 15) is 0 Å². The topological polar surface area (TPSA) is 42.4 Å². The van der Waals surface area contributed by atoms with Crippen LogP contribution in [0.25, 0.3) is 0 Å². The number of rotatable bonds is 3. The molecule has 0 bridgehead atoms. The highest BCUT2D eigenvalue weighted by Crippen LogP contribution is 2.12. The molecule has 66 valence electrons. The Hall–Kier alpha value is -1.09. The molecular formula is C9H13NO2. The van der Waals surface area contributed by atoms with Gasteiger partial charge in [0.25, 0.3) is 0 Å². The van der Waals surface area contributed by atoms with E-state index >= 15 is 0 Å². The van der Waals surface area contributed by atoms with Crippen molar-refractivity contribution in [1.82, 2.24) is 4.98 Å². The number of aromatic nitrogens is 1. The molecule has 1 heterocycles. The Morgan fingerprint density at radius 2 is 1.92 bits per heavy atom. The van der Waals surface area contributed by atoms with E-state index in [0.29, 0.717) is 6.61 Å². The van der Waals surface area contributed by atoms with E-state index in [0.717, 1.165) is 17.1 Å². The quantitative estimate of drug-likeness (QED) is 0.732. The molecule has 0 saturated heterocycles. The van der Waals surface area contributed by atoms with E-state index in [-0.39, 0.29) is 6.61 Å². The van der Waals surface area contributed by atoms with E-state index in [4.69, 9.17) is 9.84 Å². The van der Waals surface area contributed by atoms with Crippen molar-refractivity contribution in [2.24, 2.45) is 0 Å². The highest BCUT2D eigenvalue weighted by molar-refractivity contribution is 5.25. The second kappa shape index (κ2) is 4.07. The van der Waals surface area contributed by atoms with Crippen LogP contribution in [0.15, 0.2) is 12.1 Å². The average molecular weight is 167 g/mol. The summed E-state index contributed by atoms with van der Waals surface area (Å²) < 4.78 is 5.23. The Morgan fingerprint density at radius 1 is 1.33 bits per heavy atom. The van der Waals surface area contributed by atoms with Crippen LogP contribution in [0.4, 0.5) is 0 Å². The number of pyridine rings is 1. The number of aliphatic hydroxyl groups excluding tert-OH is 1. The summed E-state index contributed by atoms with van der Waals surface area (Å²) in [6.45, 7) is 4.21. The predicted molar refractivity (Wildman–Crippen MR) is 46.3 cm³/mol. The summed E-state index contributed by atoms with van der Waals surface area (Å²) in [6, 6.07) is 3.70. The van der Waals surface area contributed by atoms with E-state index in [1.807, 2.05) is 26.0 Å². The summed E-state index contributed by atoms with van der Waals surface area (Å²) in [4.78, 5) is 4.20. The Balaban J connectivity index is 2.72. The second-order valence-electron chi connectivity index (χ2n) is 2.66. The summed E-state index contributed by atoms with van der Waals surface area (Å²) in [7, 11) is 0. The van der Waals surface area contributed by atoms with Crippen LogP contribution < -0.4 is 4.74 Å². The van der Waals surface area contributed by atoms with Crippen molar-refractivity contribution in [2.45, 2.75) is 13.8 Å². The molecule has 12 heavy (non-hydrogen) atoms. The minimum Gasteiger partial charge on any atom is -0.491 e. The van der Waals surface area contributed by atoms with Gasteiger partial charge in [-0.2, -0.15) is 0 Å². The van der Waals surface area contributed by atoms with Gasteiger partial charge in [0.15, 0.2) is 0 Å². The van der Waals surface area contributed by atoms with Crippen LogP contribution in [0.2, 0.25) is 0 Å². The first-order valence-corrected chi connectivity index (χ1v) is 3.91. The zero-order valence-electron chi connectivity index (χ0n) is 7.37. The zero-order chi connectivity index (χ0) is 8.97. The highest BCUT2D eigenvalue weighted by atomic mass is 16.5. The summed E-state index contributed by atoms with van der Waals surface area (Å²) in [5.74, 6) is 0.772. The van der Waals surface area contributed by atoms with Crippen molar-refractivity contribution in [1.29, 1.82) is 0 Å². The van der Waals surface area contributed by atoms with Gasteiger partial charge < -0.3 is 9.84 Å². The molecule has 0 spiro atoms. The average Bonchev–Trinajstić information content (AvgIpc) is 1.99. The Labute approximate surface area is 72.0 Å². The summed E-state index contributed by atoms with van der Waals surface area (Å²) >= 11 is 0. The fourth-order valence-electron chi connectivity index (χ4n) is 1.04. The van der Waals surface area contributed by atoms with Crippen LogP contribution >= 0.6 is 0 Å². The van der Waals surface area contributed by atoms with Crippen molar-refractivity contribution >= 4 is 0 Å². The molecule has 0 unspecified atom stereocenters. The second-order valence-corrected chi connectivity index (χ2v) is 2.66. The predicted octanol–water partition coefficient (Wildman–Crippen LogP) is 1.07. The summed E-state index contributed by atoms with van der Waals surface area (Å²) in [6.07, 6.45) is 0. The fourth-order valence-corrected chi connectivity index (χ4v) is 1.04. The first-order valence-electron chi connectivity index (χ1n) is 3.91. The third-order valence-corrected chi connectivity index (χ3v) is 1.42. The summed E-state index contributed by atoms with van der Waals surface area (Å²) in [5, 5.41) is 8.53. The standard InChI is InChI=1S/C9H13NO2/c1-7-5-9(12-4-3-11)6-8(2)10-7/h5-6,11H,3-4H2,1-2H3. The number of nitrogens with zero attached hydrogens (tertiary/aromatic N) is 1. The fraction of sp³-hybridized carbons (Fsp3) is 0.444. The van der Waals surface area contributed by atoms with E-state index < -0.39 is 0 Å². The van der Waals surface area contributed by atoms with Crippen molar-refractivity contribution in [3.05, 3.63) is 23.5 Å². The van der Waals surface area contributed by atoms with Gasteiger partial charge in [-0.25, -0.2) is 0 Å². The Bertz CT molecular complexity index is 240. The molecule has 0 aliphatic heterocycles. The minimum absolute atomic E-state index is 0.0421. The van der Waals surface area contributed by atoms with Crippen molar-refractivity contribution < 1.29 is 9.84 Å². The monoisotopic (exact) mass is 167 g/mol. The highest BCUT2D eigenvalue weighted by Gasteiger charge is 1.96. The van der Waals surface area contributed by atoms with Gasteiger partial charge in [0.2, 0.25) is 0 Å². The molecule has 0 aliphatic carbocycles. The normalized spacial score (nSPS) is 9.92. The SMILES string of the molecule is Cc1cc(OCCO)cc(C)n1. The van der Waals surface area contributed by atoms with Gasteiger partial charge in [-0.15, -0.1) is 0 Å². The zero-order valence-corrected chi connectivity index (χ0v) is 7.37. The number of aryl methyl sites for hydroxylation is 2. The smallest absolute Gasteiger partial charge is 0.123 e. The van der Waals surface area contributed by atoms with Crippen LogP contribution in [0.3, 0.4) is 0 Å². The lowest BCUT2D eigenvalue weighted by molar-refractivity contribution is 0.201. The maximum atomic E-state index is 8.53. The molecule has 1 aromatic rings. The van der Waals surface area contributed by atoms with Crippen LogP contribution in [0.5, 0.6) is 5.75 Å². The Kier molecular flexibility index (Phi) is 3.05. The molecule has 0 aliphatic rings. The van der Waals surface area contributed by atoms with E-state index in [2.05, 4.69) is 4.98 Å². The molecule has 0 fully saturated rings.